The lowest BCUT2D eigenvalue weighted by atomic mass is 9.82. The van der Waals surface area contributed by atoms with E-state index in [1.165, 1.54) is 16.4 Å². The van der Waals surface area contributed by atoms with Gasteiger partial charge in [0.1, 0.15) is 0 Å². The summed E-state index contributed by atoms with van der Waals surface area (Å²) in [5.41, 5.74) is -1.53. The maximum atomic E-state index is 13.3. The van der Waals surface area contributed by atoms with Gasteiger partial charge in [-0.2, -0.15) is 18.4 Å². The van der Waals surface area contributed by atoms with Crippen LogP contribution in [0.25, 0.3) is 0 Å². The van der Waals surface area contributed by atoms with Gasteiger partial charge in [0, 0.05) is 5.92 Å². The molecule has 6 atom stereocenters. The fourth-order valence-corrected chi connectivity index (χ4v) is 8.26. The number of benzene rings is 1. The minimum absolute atomic E-state index is 0.0297. The van der Waals surface area contributed by atoms with Crippen molar-refractivity contribution in [1.29, 1.82) is 5.26 Å². The molecule has 26 heavy (non-hydrogen) atoms. The Hall–Kier alpha value is -1.47. The van der Waals surface area contributed by atoms with Crippen LogP contribution < -0.4 is 4.31 Å². The van der Waals surface area contributed by atoms with E-state index in [2.05, 4.69) is 0 Å². The highest BCUT2D eigenvalue weighted by atomic mass is 32.3. The average Bonchev–Trinajstić information content (AvgIpc) is 3.16. The van der Waals surface area contributed by atoms with Crippen molar-refractivity contribution in [2.45, 2.75) is 43.3 Å². The quantitative estimate of drug-likeness (QED) is 0.680. The lowest BCUT2D eigenvalue weighted by Gasteiger charge is -2.45. The minimum atomic E-state index is -4.71. The third kappa shape index (κ3) is 2.29. The summed E-state index contributed by atoms with van der Waals surface area (Å²) in [4.78, 5) is 0. The molecule has 1 saturated heterocycles. The van der Waals surface area contributed by atoms with Crippen molar-refractivity contribution in [2.75, 3.05) is 4.31 Å². The first-order valence-electron chi connectivity index (χ1n) is 8.43. The van der Waals surface area contributed by atoms with E-state index in [0.717, 1.165) is 18.6 Å². The summed E-state index contributed by atoms with van der Waals surface area (Å²) >= 11 is 0. The number of rotatable bonds is 1. The molecule has 1 aliphatic heterocycles. The largest absolute Gasteiger partial charge is 0.417 e. The van der Waals surface area contributed by atoms with Crippen LogP contribution in [0.1, 0.15) is 30.9 Å². The van der Waals surface area contributed by atoms with Gasteiger partial charge in [-0.25, -0.2) is 0 Å². The molecule has 0 radical (unpaired) electrons. The second-order valence-electron chi connectivity index (χ2n) is 7.47. The number of halogens is 3. The average molecular weight is 388 g/mol. The highest BCUT2D eigenvalue weighted by molar-refractivity contribution is 8.26. The Morgan fingerprint density at radius 3 is 2.58 bits per heavy atom. The van der Waals surface area contributed by atoms with Crippen molar-refractivity contribution >= 4 is 16.5 Å². The van der Waals surface area contributed by atoms with Crippen LogP contribution in [0, 0.1) is 29.1 Å². The van der Waals surface area contributed by atoms with E-state index in [4.69, 9.17) is 5.26 Å². The van der Waals surface area contributed by atoms with E-state index in [-0.39, 0.29) is 23.4 Å². The standard InChI is InChI=1S/C17H19F3N2O3S/c1-8-15-12-4-10(5-14(12)23)16(15)26(24,25)22(8)11-3-2-9(7-21)13(6-11)17(18,19)20/h2-3,6,8,10,12,14-16,23-25H,4-5H2,1H3/t8-,10+,12-,14-,15+,16-/m0/s1. The number of hydrogen-bond donors (Lipinski definition) is 3. The molecule has 3 aliphatic rings. The summed E-state index contributed by atoms with van der Waals surface area (Å²) in [6.45, 7) is 1.76. The van der Waals surface area contributed by atoms with Gasteiger partial charge in [-0.1, -0.05) is 0 Å². The summed E-state index contributed by atoms with van der Waals surface area (Å²) in [7, 11) is -3.33. The molecule has 3 N–H and O–H groups in total. The predicted octanol–water partition coefficient (Wildman–Crippen LogP) is 3.84. The van der Waals surface area contributed by atoms with E-state index < -0.39 is 45.5 Å². The summed E-state index contributed by atoms with van der Waals surface area (Å²) in [6.07, 6.45) is -3.97. The molecule has 0 unspecified atom stereocenters. The predicted molar refractivity (Wildman–Crippen MR) is 90.4 cm³/mol. The number of hydrogen-bond acceptors (Lipinski definition) is 5. The van der Waals surface area contributed by atoms with Gasteiger partial charge in [0.2, 0.25) is 0 Å². The monoisotopic (exact) mass is 388 g/mol. The van der Waals surface area contributed by atoms with Gasteiger partial charge in [0.15, 0.2) is 0 Å². The Morgan fingerprint density at radius 1 is 1.27 bits per heavy atom. The van der Waals surface area contributed by atoms with Gasteiger partial charge >= 0.3 is 6.18 Å². The van der Waals surface area contributed by atoms with Crippen LogP contribution in [-0.2, 0) is 6.18 Å². The summed E-state index contributed by atoms with van der Waals surface area (Å²) in [6, 6.07) is 4.34. The van der Waals surface area contributed by atoms with E-state index in [9.17, 15) is 27.4 Å². The zero-order valence-corrected chi connectivity index (χ0v) is 14.7. The molecule has 2 bridgehead atoms. The highest BCUT2D eigenvalue weighted by Gasteiger charge is 2.65. The highest BCUT2D eigenvalue weighted by Crippen LogP contribution is 2.71. The number of aliphatic hydroxyl groups excluding tert-OH is 1. The van der Waals surface area contributed by atoms with Crippen molar-refractivity contribution in [3.05, 3.63) is 29.3 Å². The first-order chi connectivity index (χ1) is 12.1. The number of fused-ring (bicyclic) bond motifs is 5. The molecule has 0 aromatic heterocycles. The molecule has 2 aliphatic carbocycles. The topological polar surface area (TPSA) is 87.7 Å². The van der Waals surface area contributed by atoms with Crippen molar-refractivity contribution < 1.29 is 27.4 Å². The van der Waals surface area contributed by atoms with Crippen molar-refractivity contribution in [3.8, 4) is 6.07 Å². The second-order valence-corrected chi connectivity index (χ2v) is 9.53. The molecule has 1 aromatic rings. The number of nitrogens with zero attached hydrogens (tertiary/aromatic N) is 2. The number of nitriles is 1. The fraction of sp³-hybridized carbons (Fsp3) is 0.588. The van der Waals surface area contributed by atoms with E-state index in [1.54, 1.807) is 6.92 Å². The van der Waals surface area contributed by atoms with Crippen LogP contribution in [-0.4, -0.2) is 31.6 Å². The van der Waals surface area contributed by atoms with Crippen molar-refractivity contribution in [1.82, 2.24) is 0 Å². The van der Waals surface area contributed by atoms with Gasteiger partial charge in [-0.05, 0) is 49.8 Å². The van der Waals surface area contributed by atoms with Crippen molar-refractivity contribution in [3.63, 3.8) is 0 Å². The minimum Gasteiger partial charge on any atom is -0.393 e. The second kappa shape index (κ2) is 5.52. The molecule has 2 saturated carbocycles. The summed E-state index contributed by atoms with van der Waals surface area (Å²) in [5.74, 6) is -0.256. The molecular weight excluding hydrogens is 369 g/mol. The Kier molecular flexibility index (Phi) is 3.80. The molecule has 1 aromatic carbocycles. The SMILES string of the molecule is C[C@H]1[C@@H]2[C@H]3C[C@H](C[C@@H]3O)[C@@H]2S(O)(O)N1c1ccc(C#N)c(C(F)(F)F)c1. The Bertz CT molecular complexity index is 794. The summed E-state index contributed by atoms with van der Waals surface area (Å²) < 4.78 is 63.0. The van der Waals surface area contributed by atoms with Crippen LogP contribution in [0.3, 0.4) is 0 Å². The third-order valence-electron chi connectivity index (χ3n) is 6.22. The van der Waals surface area contributed by atoms with Crippen LogP contribution in [0.2, 0.25) is 0 Å². The summed E-state index contributed by atoms with van der Waals surface area (Å²) in [5, 5.41) is 18.7. The molecule has 0 spiro atoms. The van der Waals surface area contributed by atoms with E-state index >= 15 is 0 Å². The Morgan fingerprint density at radius 2 is 1.96 bits per heavy atom. The smallest absolute Gasteiger partial charge is 0.393 e. The maximum Gasteiger partial charge on any atom is 0.417 e. The Balaban J connectivity index is 1.78. The third-order valence-corrected chi connectivity index (χ3v) is 8.77. The van der Waals surface area contributed by atoms with Gasteiger partial charge in [0.25, 0.3) is 0 Å². The molecular formula is C17H19F3N2O3S. The Labute approximate surface area is 150 Å². The van der Waals surface area contributed by atoms with E-state index in [0.29, 0.717) is 6.42 Å². The molecule has 4 rings (SSSR count). The van der Waals surface area contributed by atoms with Gasteiger partial charge in [-0.15, -0.1) is 10.8 Å². The maximum absolute atomic E-state index is 13.3. The van der Waals surface area contributed by atoms with Gasteiger partial charge < -0.3 is 5.11 Å². The number of anilines is 1. The first kappa shape index (κ1) is 17.9. The fourth-order valence-electron chi connectivity index (χ4n) is 5.35. The number of alkyl halides is 3. The molecule has 0 amide bonds. The molecule has 9 heteroatoms. The van der Waals surface area contributed by atoms with Gasteiger partial charge in [0.05, 0.1) is 40.3 Å². The lowest BCUT2D eigenvalue weighted by molar-refractivity contribution is -0.137. The van der Waals surface area contributed by atoms with Crippen LogP contribution in [0.5, 0.6) is 0 Å². The van der Waals surface area contributed by atoms with Crippen molar-refractivity contribution in [2.24, 2.45) is 17.8 Å². The first-order valence-corrected chi connectivity index (χ1v) is 10.00. The zero-order chi connectivity index (χ0) is 19.0. The van der Waals surface area contributed by atoms with Crippen LogP contribution in [0.4, 0.5) is 18.9 Å². The molecule has 3 fully saturated rings. The lowest BCUT2D eigenvalue weighted by Crippen LogP contribution is -2.37. The number of aliphatic hydroxyl groups is 1. The van der Waals surface area contributed by atoms with E-state index in [1.807, 2.05) is 0 Å². The van der Waals surface area contributed by atoms with Gasteiger partial charge in [-0.3, -0.25) is 13.4 Å². The van der Waals surface area contributed by atoms with Crippen LogP contribution in [0.15, 0.2) is 18.2 Å². The molecule has 142 valence electrons. The molecule has 5 nitrogen and oxygen atoms in total. The van der Waals surface area contributed by atoms with Crippen LogP contribution >= 0.6 is 10.8 Å². The zero-order valence-electron chi connectivity index (χ0n) is 13.9. The normalized spacial score (nSPS) is 38.9. The molecule has 1 heterocycles.